The molecule has 2 aromatic rings. The number of ether oxygens (including phenoxy) is 1. The maximum Gasteiger partial charge on any atom is 0.229 e. The number of carbonyl (C=O) groups excluding carboxylic acids is 1. The van der Waals surface area contributed by atoms with Crippen LogP contribution >= 0.6 is 0 Å². The zero-order chi connectivity index (χ0) is 17.8. The van der Waals surface area contributed by atoms with Crippen molar-refractivity contribution in [1.82, 2.24) is 10.3 Å². The van der Waals surface area contributed by atoms with Crippen LogP contribution in [0.3, 0.4) is 0 Å². The minimum absolute atomic E-state index is 0.0279. The highest BCUT2D eigenvalue weighted by Crippen LogP contribution is 2.33. The molecule has 2 atom stereocenters. The molecule has 2 aliphatic rings. The summed E-state index contributed by atoms with van der Waals surface area (Å²) in [5, 5.41) is 6.55. The summed E-state index contributed by atoms with van der Waals surface area (Å²) in [5.74, 6) is 1.13. The van der Waals surface area contributed by atoms with Crippen molar-refractivity contribution in [3.63, 3.8) is 0 Å². The van der Waals surface area contributed by atoms with Gasteiger partial charge in [0.2, 0.25) is 5.91 Å². The van der Waals surface area contributed by atoms with Crippen LogP contribution in [0.2, 0.25) is 0 Å². The number of hydrogen-bond donors (Lipinski definition) is 2. The van der Waals surface area contributed by atoms with Gasteiger partial charge in [0.15, 0.2) is 0 Å². The van der Waals surface area contributed by atoms with Crippen molar-refractivity contribution in [3.8, 4) is 11.1 Å². The van der Waals surface area contributed by atoms with Gasteiger partial charge >= 0.3 is 0 Å². The van der Waals surface area contributed by atoms with Gasteiger partial charge in [-0.05, 0) is 55.0 Å². The lowest BCUT2D eigenvalue weighted by Crippen LogP contribution is -2.34. The summed E-state index contributed by atoms with van der Waals surface area (Å²) in [5.41, 5.74) is 2.95. The molecule has 1 aromatic carbocycles. The van der Waals surface area contributed by atoms with Gasteiger partial charge in [-0.25, -0.2) is 0 Å². The van der Waals surface area contributed by atoms with Gasteiger partial charge in [0.1, 0.15) is 0 Å². The van der Waals surface area contributed by atoms with E-state index in [-0.39, 0.29) is 11.8 Å². The molecule has 1 aromatic heterocycles. The van der Waals surface area contributed by atoms with E-state index in [4.69, 9.17) is 4.74 Å². The smallest absolute Gasteiger partial charge is 0.229 e. The molecule has 0 unspecified atom stereocenters. The zero-order valence-electron chi connectivity index (χ0n) is 14.9. The van der Waals surface area contributed by atoms with Crippen LogP contribution in [0.5, 0.6) is 0 Å². The summed E-state index contributed by atoms with van der Waals surface area (Å²) < 4.78 is 5.48. The third-order valence-electron chi connectivity index (χ3n) is 5.59. The second kappa shape index (κ2) is 7.98. The number of nitrogens with one attached hydrogen (secondary N) is 2. The van der Waals surface area contributed by atoms with E-state index in [1.54, 1.807) is 6.20 Å². The standard InChI is InChI=1S/C21H25N3O2/c25-21(20-14-23-13-19(20)15-6-9-26-10-7-15)24-18-5-1-3-16(11-18)17-4-2-8-22-12-17/h1-5,8,11-12,15,19-20,23H,6-7,9-10,13-14H2,(H,24,25)/t19-,20+/m1/s1. The van der Waals surface area contributed by atoms with Gasteiger partial charge in [-0.3, -0.25) is 9.78 Å². The van der Waals surface area contributed by atoms with Gasteiger partial charge in [-0.2, -0.15) is 0 Å². The van der Waals surface area contributed by atoms with Crippen LogP contribution in [0.15, 0.2) is 48.8 Å². The van der Waals surface area contributed by atoms with E-state index >= 15 is 0 Å². The Bertz CT molecular complexity index is 744. The first-order chi connectivity index (χ1) is 12.8. The quantitative estimate of drug-likeness (QED) is 0.889. The fraction of sp³-hybridized carbons (Fsp3) is 0.429. The summed E-state index contributed by atoms with van der Waals surface area (Å²) in [4.78, 5) is 17.1. The molecule has 0 radical (unpaired) electrons. The number of rotatable bonds is 4. The minimum Gasteiger partial charge on any atom is -0.381 e. The lowest BCUT2D eigenvalue weighted by Gasteiger charge is -2.30. The third kappa shape index (κ3) is 3.79. The van der Waals surface area contributed by atoms with E-state index in [0.29, 0.717) is 11.8 Å². The van der Waals surface area contributed by atoms with Crippen molar-refractivity contribution < 1.29 is 9.53 Å². The molecule has 2 N–H and O–H groups in total. The molecule has 5 heteroatoms. The van der Waals surface area contributed by atoms with Crippen LogP contribution < -0.4 is 10.6 Å². The Hall–Kier alpha value is -2.24. The lowest BCUT2D eigenvalue weighted by molar-refractivity contribution is -0.121. The Morgan fingerprint density at radius 1 is 1.12 bits per heavy atom. The van der Waals surface area contributed by atoms with Gasteiger partial charge in [0, 0.05) is 43.4 Å². The van der Waals surface area contributed by atoms with Gasteiger partial charge in [0.05, 0.1) is 5.92 Å². The van der Waals surface area contributed by atoms with Gasteiger partial charge in [-0.1, -0.05) is 18.2 Å². The summed E-state index contributed by atoms with van der Waals surface area (Å²) in [7, 11) is 0. The predicted molar refractivity (Wildman–Crippen MR) is 102 cm³/mol. The zero-order valence-corrected chi connectivity index (χ0v) is 14.9. The van der Waals surface area contributed by atoms with Crippen molar-refractivity contribution in [2.45, 2.75) is 12.8 Å². The molecule has 26 heavy (non-hydrogen) atoms. The summed E-state index contributed by atoms with van der Waals surface area (Å²) in [6.07, 6.45) is 5.72. The number of aromatic nitrogens is 1. The highest BCUT2D eigenvalue weighted by molar-refractivity contribution is 5.93. The molecule has 2 saturated heterocycles. The van der Waals surface area contributed by atoms with Crippen LogP contribution in [0.25, 0.3) is 11.1 Å². The number of carbonyl (C=O) groups is 1. The van der Waals surface area contributed by atoms with E-state index < -0.39 is 0 Å². The average Bonchev–Trinajstić information content (AvgIpc) is 3.20. The molecule has 5 nitrogen and oxygen atoms in total. The maximum atomic E-state index is 12.9. The van der Waals surface area contributed by atoms with Gasteiger partial charge in [0.25, 0.3) is 0 Å². The van der Waals surface area contributed by atoms with E-state index in [0.717, 1.165) is 56.0 Å². The van der Waals surface area contributed by atoms with Crippen molar-refractivity contribution >= 4 is 11.6 Å². The molecule has 1 amide bonds. The molecule has 0 saturated carbocycles. The van der Waals surface area contributed by atoms with Gasteiger partial charge in [-0.15, -0.1) is 0 Å². The molecule has 0 bridgehead atoms. The second-order valence-corrected chi connectivity index (χ2v) is 7.19. The van der Waals surface area contributed by atoms with Crippen molar-refractivity contribution in [3.05, 3.63) is 48.8 Å². The number of benzene rings is 1. The van der Waals surface area contributed by atoms with Crippen molar-refractivity contribution in [2.75, 3.05) is 31.6 Å². The van der Waals surface area contributed by atoms with Crippen molar-refractivity contribution in [1.29, 1.82) is 0 Å². The van der Waals surface area contributed by atoms with Crippen LogP contribution in [0.1, 0.15) is 12.8 Å². The number of anilines is 1. The maximum absolute atomic E-state index is 12.9. The molecule has 0 spiro atoms. The number of amides is 1. The molecule has 2 aliphatic heterocycles. The molecule has 136 valence electrons. The highest BCUT2D eigenvalue weighted by atomic mass is 16.5. The predicted octanol–water partition coefficient (Wildman–Crippen LogP) is 2.95. The van der Waals surface area contributed by atoms with Crippen molar-refractivity contribution in [2.24, 2.45) is 17.8 Å². The highest BCUT2D eigenvalue weighted by Gasteiger charge is 2.38. The molecular formula is C21H25N3O2. The molecular weight excluding hydrogens is 326 g/mol. The van der Waals surface area contributed by atoms with Gasteiger partial charge < -0.3 is 15.4 Å². The summed E-state index contributed by atoms with van der Waals surface area (Å²) in [6, 6.07) is 11.9. The van der Waals surface area contributed by atoms with Crippen LogP contribution in [0, 0.1) is 17.8 Å². The first kappa shape index (κ1) is 17.2. The summed E-state index contributed by atoms with van der Waals surface area (Å²) >= 11 is 0. The Balaban J connectivity index is 1.46. The Labute approximate surface area is 154 Å². The van der Waals surface area contributed by atoms with E-state index in [2.05, 4.69) is 15.6 Å². The van der Waals surface area contributed by atoms with E-state index in [1.165, 1.54) is 0 Å². The normalized spacial score (nSPS) is 23.7. The Morgan fingerprint density at radius 3 is 2.77 bits per heavy atom. The molecule has 0 aliphatic carbocycles. The SMILES string of the molecule is O=C(Nc1cccc(-c2cccnc2)c1)[C@H]1CNC[C@@H]1C1CCOCC1. The number of pyridine rings is 1. The van der Waals surface area contributed by atoms with Crippen LogP contribution in [-0.2, 0) is 9.53 Å². The minimum atomic E-state index is 0.0279. The Morgan fingerprint density at radius 2 is 1.96 bits per heavy atom. The Kier molecular flexibility index (Phi) is 5.27. The van der Waals surface area contributed by atoms with Crippen LogP contribution in [-0.4, -0.2) is 37.2 Å². The lowest BCUT2D eigenvalue weighted by atomic mass is 9.79. The molecule has 3 heterocycles. The first-order valence-corrected chi connectivity index (χ1v) is 9.41. The second-order valence-electron chi connectivity index (χ2n) is 7.19. The third-order valence-corrected chi connectivity index (χ3v) is 5.59. The summed E-state index contributed by atoms with van der Waals surface area (Å²) in [6.45, 7) is 3.33. The van der Waals surface area contributed by atoms with Crippen LogP contribution in [0.4, 0.5) is 5.69 Å². The average molecular weight is 351 g/mol. The van der Waals surface area contributed by atoms with E-state index in [1.807, 2.05) is 42.6 Å². The monoisotopic (exact) mass is 351 g/mol. The fourth-order valence-electron chi connectivity index (χ4n) is 4.17. The number of nitrogens with zero attached hydrogens (tertiary/aromatic N) is 1. The number of hydrogen-bond acceptors (Lipinski definition) is 4. The largest absolute Gasteiger partial charge is 0.381 e. The first-order valence-electron chi connectivity index (χ1n) is 9.41. The fourth-order valence-corrected chi connectivity index (χ4v) is 4.17. The molecule has 2 fully saturated rings. The topological polar surface area (TPSA) is 63.2 Å². The van der Waals surface area contributed by atoms with E-state index in [9.17, 15) is 4.79 Å². The molecule has 4 rings (SSSR count).